The number of para-hydroxylation sites is 1. The van der Waals surface area contributed by atoms with Crippen molar-refractivity contribution in [3.05, 3.63) is 44.8 Å². The highest BCUT2D eigenvalue weighted by Gasteiger charge is 2.14. The average Bonchev–Trinajstić information content (AvgIpc) is 2.80. The van der Waals surface area contributed by atoms with E-state index in [0.29, 0.717) is 10.2 Å². The Morgan fingerprint density at radius 3 is 3.00 bits per heavy atom. The molecule has 0 amide bonds. The number of carboxylic acids is 1. The molecule has 1 heterocycles. The molecule has 0 aliphatic heterocycles. The number of halogens is 1. The highest BCUT2D eigenvalue weighted by molar-refractivity contribution is 9.10. The summed E-state index contributed by atoms with van der Waals surface area (Å²) < 4.78 is 6.11. The number of hydrogen-bond donors (Lipinski definition) is 1. The SMILES string of the molecule is O=C(O)c1cccc(Br)c1OCc1nccs1. The average molecular weight is 314 g/mol. The number of benzene rings is 1. The molecule has 4 nitrogen and oxygen atoms in total. The van der Waals surface area contributed by atoms with E-state index in [9.17, 15) is 4.79 Å². The number of rotatable bonds is 4. The van der Waals surface area contributed by atoms with Crippen LogP contribution >= 0.6 is 27.3 Å². The molecule has 1 N–H and O–H groups in total. The number of aromatic carboxylic acids is 1. The fourth-order valence-electron chi connectivity index (χ4n) is 1.28. The number of aromatic nitrogens is 1. The minimum absolute atomic E-state index is 0.135. The van der Waals surface area contributed by atoms with Crippen LogP contribution in [0, 0.1) is 0 Å². The second-order valence-electron chi connectivity index (χ2n) is 3.14. The molecule has 0 spiro atoms. The molecule has 2 rings (SSSR count). The van der Waals surface area contributed by atoms with Crippen molar-refractivity contribution in [1.82, 2.24) is 4.98 Å². The van der Waals surface area contributed by atoms with E-state index in [2.05, 4.69) is 20.9 Å². The van der Waals surface area contributed by atoms with Crippen LogP contribution in [0.4, 0.5) is 0 Å². The molecule has 1 aromatic carbocycles. The van der Waals surface area contributed by atoms with Gasteiger partial charge in [-0.25, -0.2) is 9.78 Å². The second-order valence-corrected chi connectivity index (χ2v) is 4.97. The summed E-state index contributed by atoms with van der Waals surface area (Å²) in [4.78, 5) is 15.1. The van der Waals surface area contributed by atoms with E-state index in [1.54, 1.807) is 18.3 Å². The van der Waals surface area contributed by atoms with Crippen LogP contribution in [-0.2, 0) is 6.61 Å². The summed E-state index contributed by atoms with van der Waals surface area (Å²) in [5.74, 6) is -0.685. The predicted molar refractivity (Wildman–Crippen MR) is 67.5 cm³/mol. The summed E-state index contributed by atoms with van der Waals surface area (Å²) in [5.41, 5.74) is 0.135. The summed E-state index contributed by atoms with van der Waals surface area (Å²) in [5, 5.41) is 11.7. The summed E-state index contributed by atoms with van der Waals surface area (Å²) >= 11 is 4.74. The molecule has 2 aromatic rings. The van der Waals surface area contributed by atoms with Gasteiger partial charge >= 0.3 is 5.97 Å². The molecule has 0 saturated heterocycles. The molecule has 0 fully saturated rings. The smallest absolute Gasteiger partial charge is 0.339 e. The Hall–Kier alpha value is -1.40. The van der Waals surface area contributed by atoms with Crippen molar-refractivity contribution in [2.45, 2.75) is 6.61 Å². The van der Waals surface area contributed by atoms with Crippen LogP contribution in [0.25, 0.3) is 0 Å². The molecule has 88 valence electrons. The standard InChI is InChI=1S/C11H8BrNO3S/c12-8-3-1-2-7(11(14)15)10(8)16-6-9-13-4-5-17-9/h1-5H,6H2,(H,14,15). The van der Waals surface area contributed by atoms with Gasteiger partial charge in [0.1, 0.15) is 22.9 Å². The van der Waals surface area contributed by atoms with Crippen molar-refractivity contribution in [3.8, 4) is 5.75 Å². The lowest BCUT2D eigenvalue weighted by atomic mass is 10.2. The van der Waals surface area contributed by atoms with Crippen molar-refractivity contribution in [3.63, 3.8) is 0 Å². The van der Waals surface area contributed by atoms with Crippen molar-refractivity contribution >= 4 is 33.2 Å². The van der Waals surface area contributed by atoms with Gasteiger partial charge in [0.15, 0.2) is 0 Å². The van der Waals surface area contributed by atoms with Crippen molar-refractivity contribution in [2.75, 3.05) is 0 Å². The third kappa shape index (κ3) is 2.83. The first-order valence-electron chi connectivity index (χ1n) is 4.71. The predicted octanol–water partition coefficient (Wildman–Crippen LogP) is 3.18. The normalized spacial score (nSPS) is 10.2. The van der Waals surface area contributed by atoms with Crippen LogP contribution in [-0.4, -0.2) is 16.1 Å². The monoisotopic (exact) mass is 313 g/mol. The van der Waals surface area contributed by atoms with Gasteiger partial charge in [-0.1, -0.05) is 6.07 Å². The van der Waals surface area contributed by atoms with E-state index < -0.39 is 5.97 Å². The highest BCUT2D eigenvalue weighted by Crippen LogP contribution is 2.29. The van der Waals surface area contributed by atoms with E-state index in [-0.39, 0.29) is 12.2 Å². The van der Waals surface area contributed by atoms with Crippen LogP contribution in [0.15, 0.2) is 34.2 Å². The lowest BCUT2D eigenvalue weighted by molar-refractivity contribution is 0.0691. The Bertz CT molecular complexity index is 528. The van der Waals surface area contributed by atoms with Crippen LogP contribution < -0.4 is 4.74 Å². The number of nitrogens with zero attached hydrogens (tertiary/aromatic N) is 1. The topological polar surface area (TPSA) is 59.4 Å². The van der Waals surface area contributed by atoms with E-state index in [4.69, 9.17) is 9.84 Å². The lowest BCUT2D eigenvalue weighted by Crippen LogP contribution is -2.03. The van der Waals surface area contributed by atoms with Gasteiger partial charge in [-0.2, -0.15) is 0 Å². The van der Waals surface area contributed by atoms with Gasteiger partial charge in [0.2, 0.25) is 0 Å². The van der Waals surface area contributed by atoms with Crippen LogP contribution in [0.5, 0.6) is 5.75 Å². The van der Waals surface area contributed by atoms with E-state index in [1.165, 1.54) is 17.4 Å². The third-order valence-corrected chi connectivity index (χ3v) is 3.40. The molecule has 0 radical (unpaired) electrons. The summed E-state index contributed by atoms with van der Waals surface area (Å²) in [6, 6.07) is 4.90. The number of carbonyl (C=O) groups is 1. The van der Waals surface area contributed by atoms with Crippen LogP contribution in [0.1, 0.15) is 15.4 Å². The Morgan fingerprint density at radius 2 is 2.35 bits per heavy atom. The summed E-state index contributed by atoms with van der Waals surface area (Å²) in [6.07, 6.45) is 1.68. The van der Waals surface area contributed by atoms with E-state index in [0.717, 1.165) is 5.01 Å². The number of carboxylic acid groups (broad SMARTS) is 1. The first-order chi connectivity index (χ1) is 8.18. The molecule has 1 aromatic heterocycles. The van der Waals surface area contributed by atoms with Gasteiger partial charge in [-0.05, 0) is 28.1 Å². The fraction of sp³-hybridized carbons (Fsp3) is 0.0909. The van der Waals surface area contributed by atoms with Crippen molar-refractivity contribution in [1.29, 1.82) is 0 Å². The maximum absolute atomic E-state index is 11.0. The summed E-state index contributed by atoms with van der Waals surface area (Å²) in [7, 11) is 0. The molecule has 0 unspecified atom stereocenters. The second kappa shape index (κ2) is 5.29. The van der Waals surface area contributed by atoms with Gasteiger partial charge < -0.3 is 9.84 Å². The van der Waals surface area contributed by atoms with Crippen LogP contribution in [0.3, 0.4) is 0 Å². The quantitative estimate of drug-likeness (QED) is 0.941. The lowest BCUT2D eigenvalue weighted by Gasteiger charge is -2.09. The fourth-order valence-corrected chi connectivity index (χ4v) is 2.29. The number of thiazole rings is 1. The van der Waals surface area contributed by atoms with Crippen molar-refractivity contribution in [2.24, 2.45) is 0 Å². The van der Waals surface area contributed by atoms with Gasteiger partial charge in [0.05, 0.1) is 4.47 Å². The molecule has 0 atom stereocenters. The molecular formula is C11H8BrNO3S. The highest BCUT2D eigenvalue weighted by atomic mass is 79.9. The molecule has 0 aliphatic carbocycles. The first-order valence-corrected chi connectivity index (χ1v) is 6.38. The Balaban J connectivity index is 2.22. The minimum atomic E-state index is -1.01. The largest absolute Gasteiger partial charge is 0.484 e. The Kier molecular flexibility index (Phi) is 3.75. The molecular weight excluding hydrogens is 306 g/mol. The molecule has 6 heteroatoms. The third-order valence-electron chi connectivity index (χ3n) is 2.02. The number of ether oxygens (including phenoxy) is 1. The Morgan fingerprint density at radius 1 is 1.53 bits per heavy atom. The zero-order valence-corrected chi connectivity index (χ0v) is 11.0. The van der Waals surface area contributed by atoms with E-state index >= 15 is 0 Å². The molecule has 0 saturated carbocycles. The zero-order valence-electron chi connectivity index (χ0n) is 8.59. The minimum Gasteiger partial charge on any atom is -0.484 e. The maximum atomic E-state index is 11.0. The maximum Gasteiger partial charge on any atom is 0.339 e. The van der Waals surface area contributed by atoms with Crippen LogP contribution in [0.2, 0.25) is 0 Å². The molecule has 17 heavy (non-hydrogen) atoms. The van der Waals surface area contributed by atoms with Gasteiger partial charge in [-0.15, -0.1) is 11.3 Å². The molecule has 0 aliphatic rings. The number of hydrogen-bond acceptors (Lipinski definition) is 4. The van der Waals surface area contributed by atoms with Gasteiger partial charge in [0, 0.05) is 11.6 Å². The zero-order chi connectivity index (χ0) is 12.3. The van der Waals surface area contributed by atoms with Gasteiger partial charge in [-0.3, -0.25) is 0 Å². The van der Waals surface area contributed by atoms with Crippen molar-refractivity contribution < 1.29 is 14.6 Å². The Labute approximate surface area is 110 Å². The van der Waals surface area contributed by atoms with E-state index in [1.807, 2.05) is 5.38 Å². The van der Waals surface area contributed by atoms with Gasteiger partial charge in [0.25, 0.3) is 0 Å². The molecule has 0 bridgehead atoms. The first kappa shape index (κ1) is 12.1. The summed E-state index contributed by atoms with van der Waals surface area (Å²) in [6.45, 7) is 0.264.